The molecule has 0 saturated carbocycles. The lowest BCUT2D eigenvalue weighted by Crippen LogP contribution is -2.21. The minimum absolute atomic E-state index is 0.0302. The van der Waals surface area contributed by atoms with E-state index in [0.717, 1.165) is 5.69 Å². The number of rotatable bonds is 7. The molecule has 0 bridgehead atoms. The summed E-state index contributed by atoms with van der Waals surface area (Å²) in [4.78, 5) is 25.8. The first kappa shape index (κ1) is 21.4. The van der Waals surface area contributed by atoms with Crippen LogP contribution >= 0.6 is 11.6 Å². The topological polar surface area (TPSA) is 112 Å². The van der Waals surface area contributed by atoms with Crippen LogP contribution in [0, 0.1) is 0 Å². The molecule has 0 aliphatic rings. The molecule has 10 heteroatoms. The number of tetrazole rings is 1. The SMILES string of the molecule is O=C(COc1ccc(-n2cnnn2)cc1)Nc1c(C(=O)c2ccc(Cl)cc2)oc2ccccc12. The molecule has 3 aromatic carbocycles. The Bertz CT molecular complexity index is 1460. The van der Waals surface area contributed by atoms with E-state index in [1.165, 1.54) is 11.0 Å². The van der Waals surface area contributed by atoms with Crippen LogP contribution in [0.15, 0.2) is 83.5 Å². The first-order valence-electron chi connectivity index (χ1n) is 10.2. The normalized spacial score (nSPS) is 10.9. The van der Waals surface area contributed by atoms with Gasteiger partial charge in [-0.05, 0) is 71.1 Å². The highest BCUT2D eigenvalue weighted by Crippen LogP contribution is 2.32. The number of nitrogens with one attached hydrogen (secondary N) is 1. The van der Waals surface area contributed by atoms with Crippen molar-refractivity contribution in [2.45, 2.75) is 0 Å². The standard InChI is InChI=1S/C24H16ClN5O4/c25-16-7-5-15(6-8-16)23(32)24-22(19-3-1-2-4-20(19)34-24)27-21(31)13-33-18-11-9-17(10-12-18)30-14-26-28-29-30/h1-12,14H,13H2,(H,27,31). The Labute approximate surface area is 197 Å². The van der Waals surface area contributed by atoms with E-state index >= 15 is 0 Å². The summed E-state index contributed by atoms with van der Waals surface area (Å²) in [7, 11) is 0. The Morgan fingerprint density at radius 3 is 2.50 bits per heavy atom. The summed E-state index contributed by atoms with van der Waals surface area (Å²) in [5.41, 5.74) is 1.90. The highest BCUT2D eigenvalue weighted by molar-refractivity contribution is 6.30. The first-order chi connectivity index (χ1) is 16.6. The summed E-state index contributed by atoms with van der Waals surface area (Å²) >= 11 is 5.93. The lowest BCUT2D eigenvalue weighted by molar-refractivity contribution is -0.118. The molecule has 168 valence electrons. The molecule has 0 atom stereocenters. The number of para-hydroxylation sites is 1. The van der Waals surface area contributed by atoms with Crippen molar-refractivity contribution in [2.24, 2.45) is 0 Å². The Hall–Kier alpha value is -4.50. The molecular weight excluding hydrogens is 458 g/mol. The zero-order valence-electron chi connectivity index (χ0n) is 17.5. The molecule has 1 N–H and O–H groups in total. The van der Waals surface area contributed by atoms with E-state index < -0.39 is 5.91 Å². The van der Waals surface area contributed by atoms with Crippen LogP contribution in [0.4, 0.5) is 5.69 Å². The fourth-order valence-corrected chi connectivity index (χ4v) is 3.49. The van der Waals surface area contributed by atoms with Crippen LogP contribution < -0.4 is 10.1 Å². The summed E-state index contributed by atoms with van der Waals surface area (Å²) in [5, 5.41) is 14.9. The molecule has 34 heavy (non-hydrogen) atoms. The number of benzene rings is 3. The van der Waals surface area contributed by atoms with Crippen molar-refractivity contribution >= 4 is 39.9 Å². The lowest BCUT2D eigenvalue weighted by Gasteiger charge is -2.09. The van der Waals surface area contributed by atoms with Gasteiger partial charge in [0.15, 0.2) is 12.4 Å². The molecule has 5 aromatic rings. The van der Waals surface area contributed by atoms with E-state index in [2.05, 4.69) is 20.8 Å². The molecule has 0 radical (unpaired) electrons. The Morgan fingerprint density at radius 1 is 1.00 bits per heavy atom. The fourth-order valence-electron chi connectivity index (χ4n) is 3.36. The number of halogens is 1. The number of carbonyl (C=O) groups excluding carboxylic acids is 2. The maximum Gasteiger partial charge on any atom is 0.262 e. The van der Waals surface area contributed by atoms with Crippen molar-refractivity contribution in [2.75, 3.05) is 11.9 Å². The van der Waals surface area contributed by atoms with Crippen LogP contribution in [0.2, 0.25) is 5.02 Å². The Morgan fingerprint density at radius 2 is 1.76 bits per heavy atom. The maximum absolute atomic E-state index is 13.1. The summed E-state index contributed by atoms with van der Waals surface area (Å²) < 4.78 is 12.9. The second kappa shape index (κ2) is 9.16. The van der Waals surface area contributed by atoms with Crippen molar-refractivity contribution in [3.05, 3.63) is 95.5 Å². The van der Waals surface area contributed by atoms with Gasteiger partial charge in [-0.1, -0.05) is 23.7 Å². The molecule has 2 heterocycles. The number of ketones is 1. The van der Waals surface area contributed by atoms with Gasteiger partial charge in [-0.25, -0.2) is 4.68 Å². The molecule has 0 fully saturated rings. The van der Waals surface area contributed by atoms with Gasteiger partial charge in [0, 0.05) is 16.0 Å². The minimum Gasteiger partial charge on any atom is -0.484 e. The third-order valence-electron chi connectivity index (χ3n) is 4.99. The van der Waals surface area contributed by atoms with Crippen molar-refractivity contribution in [1.29, 1.82) is 0 Å². The predicted molar refractivity (Wildman–Crippen MR) is 124 cm³/mol. The van der Waals surface area contributed by atoms with Gasteiger partial charge in [0.05, 0.1) is 11.4 Å². The molecule has 0 spiro atoms. The quantitative estimate of drug-likeness (QED) is 0.350. The van der Waals surface area contributed by atoms with Crippen molar-refractivity contribution in [1.82, 2.24) is 20.2 Å². The van der Waals surface area contributed by atoms with Crippen LogP contribution in [0.3, 0.4) is 0 Å². The monoisotopic (exact) mass is 473 g/mol. The molecule has 0 unspecified atom stereocenters. The fraction of sp³-hybridized carbons (Fsp3) is 0.0417. The number of hydrogen-bond acceptors (Lipinski definition) is 7. The molecule has 0 saturated heterocycles. The number of ether oxygens (including phenoxy) is 1. The number of amides is 1. The van der Waals surface area contributed by atoms with Gasteiger partial charge in [-0.3, -0.25) is 9.59 Å². The van der Waals surface area contributed by atoms with E-state index in [1.54, 1.807) is 72.8 Å². The van der Waals surface area contributed by atoms with E-state index in [4.69, 9.17) is 20.8 Å². The maximum atomic E-state index is 13.1. The minimum atomic E-state index is -0.443. The number of nitrogens with zero attached hydrogens (tertiary/aromatic N) is 4. The molecule has 2 aromatic heterocycles. The largest absolute Gasteiger partial charge is 0.484 e. The van der Waals surface area contributed by atoms with Gasteiger partial charge in [-0.2, -0.15) is 0 Å². The van der Waals surface area contributed by atoms with Gasteiger partial charge in [0.1, 0.15) is 17.7 Å². The van der Waals surface area contributed by atoms with E-state index in [1.807, 2.05) is 0 Å². The zero-order chi connectivity index (χ0) is 23.5. The second-order valence-electron chi connectivity index (χ2n) is 7.22. The summed E-state index contributed by atoms with van der Waals surface area (Å²) in [6.07, 6.45) is 1.47. The van der Waals surface area contributed by atoms with Crippen LogP contribution in [0.5, 0.6) is 5.75 Å². The third-order valence-corrected chi connectivity index (χ3v) is 5.24. The summed E-state index contributed by atoms with van der Waals surface area (Å²) in [6, 6.07) is 20.5. The van der Waals surface area contributed by atoms with Crippen molar-refractivity contribution in [3.8, 4) is 11.4 Å². The first-order valence-corrected chi connectivity index (χ1v) is 10.5. The average Bonchev–Trinajstić information content (AvgIpc) is 3.52. The number of carbonyl (C=O) groups is 2. The Balaban J connectivity index is 1.33. The molecule has 0 aliphatic heterocycles. The predicted octanol–water partition coefficient (Wildman–Crippen LogP) is 4.31. The zero-order valence-corrected chi connectivity index (χ0v) is 18.3. The van der Waals surface area contributed by atoms with Crippen LogP contribution in [0.1, 0.15) is 16.1 Å². The smallest absolute Gasteiger partial charge is 0.262 e. The third kappa shape index (κ3) is 4.37. The second-order valence-corrected chi connectivity index (χ2v) is 7.66. The lowest BCUT2D eigenvalue weighted by atomic mass is 10.1. The summed E-state index contributed by atoms with van der Waals surface area (Å²) in [6.45, 7) is -0.266. The van der Waals surface area contributed by atoms with Gasteiger partial charge in [-0.15, -0.1) is 5.10 Å². The van der Waals surface area contributed by atoms with Crippen molar-refractivity contribution < 1.29 is 18.7 Å². The number of furan rings is 1. The van der Waals surface area contributed by atoms with Gasteiger partial charge in [0.2, 0.25) is 5.78 Å². The molecule has 5 rings (SSSR count). The highest BCUT2D eigenvalue weighted by atomic mass is 35.5. The molecular formula is C24H16ClN5O4. The number of aromatic nitrogens is 4. The van der Waals surface area contributed by atoms with Crippen molar-refractivity contribution in [3.63, 3.8) is 0 Å². The average molecular weight is 474 g/mol. The van der Waals surface area contributed by atoms with Gasteiger partial charge < -0.3 is 14.5 Å². The van der Waals surface area contributed by atoms with Gasteiger partial charge >= 0.3 is 0 Å². The van der Waals surface area contributed by atoms with Crippen LogP contribution in [-0.2, 0) is 4.79 Å². The van der Waals surface area contributed by atoms with Crippen LogP contribution in [-0.4, -0.2) is 38.5 Å². The molecule has 9 nitrogen and oxygen atoms in total. The highest BCUT2D eigenvalue weighted by Gasteiger charge is 2.23. The molecule has 1 amide bonds. The molecule has 0 aliphatic carbocycles. The van der Waals surface area contributed by atoms with Gasteiger partial charge in [0.25, 0.3) is 5.91 Å². The van der Waals surface area contributed by atoms with E-state index in [-0.39, 0.29) is 23.8 Å². The number of anilines is 1. The van der Waals surface area contributed by atoms with E-state index in [9.17, 15) is 9.59 Å². The van der Waals surface area contributed by atoms with Crippen LogP contribution in [0.25, 0.3) is 16.7 Å². The summed E-state index contributed by atoms with van der Waals surface area (Å²) in [5.74, 6) is -0.298. The number of hydrogen-bond donors (Lipinski definition) is 1. The number of fused-ring (bicyclic) bond motifs is 1. The Kier molecular flexibility index (Phi) is 5.75. The van der Waals surface area contributed by atoms with E-state index in [0.29, 0.717) is 27.3 Å².